The quantitative estimate of drug-likeness (QED) is 0.730. The first-order valence-electron chi connectivity index (χ1n) is 6.77. The number of nitrogens with zero attached hydrogens (tertiary/aromatic N) is 1. The molecule has 1 aliphatic rings. The molecule has 1 amide bonds. The summed E-state index contributed by atoms with van der Waals surface area (Å²) in [6.45, 7) is 9.50. The van der Waals surface area contributed by atoms with Crippen LogP contribution >= 0.6 is 0 Å². The minimum absolute atomic E-state index is 0.117. The van der Waals surface area contributed by atoms with E-state index in [-0.39, 0.29) is 19.8 Å². The fourth-order valence-electron chi connectivity index (χ4n) is 1.84. The number of hydrogen-bond acceptors (Lipinski definition) is 6. The van der Waals surface area contributed by atoms with Gasteiger partial charge in [0, 0.05) is 0 Å². The first-order chi connectivity index (χ1) is 9.30. The predicted molar refractivity (Wildman–Crippen MR) is 77.6 cm³/mol. The van der Waals surface area contributed by atoms with E-state index < -0.39 is 33.5 Å². The molecule has 0 aromatic heterocycles. The van der Waals surface area contributed by atoms with E-state index in [4.69, 9.17) is 13.7 Å². The highest BCUT2D eigenvalue weighted by Crippen LogP contribution is 2.25. The fraction of sp³-hybridized carbons (Fsp3) is 0.923. The van der Waals surface area contributed by atoms with Crippen LogP contribution in [0.25, 0.3) is 0 Å². The van der Waals surface area contributed by atoms with Crippen molar-refractivity contribution < 1.29 is 26.9 Å². The van der Waals surface area contributed by atoms with E-state index in [0.29, 0.717) is 0 Å². The van der Waals surface area contributed by atoms with Crippen molar-refractivity contribution in [2.24, 2.45) is 0 Å². The van der Waals surface area contributed by atoms with Crippen molar-refractivity contribution in [2.75, 3.05) is 26.0 Å². The summed E-state index contributed by atoms with van der Waals surface area (Å²) in [4.78, 5) is 13.8. The van der Waals surface area contributed by atoms with Crippen LogP contribution in [0.4, 0.5) is 4.79 Å². The van der Waals surface area contributed by atoms with E-state index >= 15 is 0 Å². The van der Waals surface area contributed by atoms with Gasteiger partial charge in [-0.3, -0.25) is 9.08 Å². The van der Waals surface area contributed by atoms with Crippen LogP contribution in [0.3, 0.4) is 0 Å². The van der Waals surface area contributed by atoms with Crippen molar-refractivity contribution in [1.82, 2.24) is 4.90 Å². The summed E-state index contributed by atoms with van der Waals surface area (Å²) >= 11 is 0. The lowest BCUT2D eigenvalue weighted by atomic mass is 10.0. The van der Waals surface area contributed by atoms with Gasteiger partial charge in [-0.1, -0.05) is 0 Å². The summed E-state index contributed by atoms with van der Waals surface area (Å²) in [5.74, 6) is 0. The normalized spacial score (nSPS) is 23.0. The number of amides is 1. The van der Waals surface area contributed by atoms with Crippen molar-refractivity contribution in [1.29, 1.82) is 0 Å². The molecule has 0 spiro atoms. The second-order valence-corrected chi connectivity index (χ2v) is 8.47. The van der Waals surface area contributed by atoms with Crippen LogP contribution in [0.5, 0.6) is 0 Å². The highest BCUT2D eigenvalue weighted by Gasteiger charge is 2.40. The molecule has 1 saturated heterocycles. The largest absolute Gasteiger partial charge is 0.444 e. The topological polar surface area (TPSA) is 82.1 Å². The maximum Gasteiger partial charge on any atom is 0.410 e. The van der Waals surface area contributed by atoms with Gasteiger partial charge >= 0.3 is 6.09 Å². The molecule has 0 aromatic rings. The Balaban J connectivity index is 2.73. The third-order valence-electron chi connectivity index (χ3n) is 2.87. The van der Waals surface area contributed by atoms with Gasteiger partial charge in [0.2, 0.25) is 0 Å². The van der Waals surface area contributed by atoms with Gasteiger partial charge in [-0.2, -0.15) is 8.42 Å². The first-order valence-corrected chi connectivity index (χ1v) is 8.58. The molecule has 21 heavy (non-hydrogen) atoms. The average Bonchev–Trinajstić information content (AvgIpc) is 2.23. The highest BCUT2D eigenvalue weighted by molar-refractivity contribution is 7.85. The van der Waals surface area contributed by atoms with E-state index in [1.165, 1.54) is 0 Å². The molecule has 0 unspecified atom stereocenters. The number of morpholine rings is 1. The number of rotatable bonds is 3. The molecule has 0 aromatic carbocycles. The van der Waals surface area contributed by atoms with Gasteiger partial charge in [-0.15, -0.1) is 0 Å². The van der Waals surface area contributed by atoms with E-state index in [1.807, 2.05) is 13.8 Å². The van der Waals surface area contributed by atoms with Crippen LogP contribution in [0.15, 0.2) is 0 Å². The van der Waals surface area contributed by atoms with Crippen molar-refractivity contribution in [3.05, 3.63) is 0 Å². The number of carbonyl (C=O) groups excluding carboxylic acids is 1. The monoisotopic (exact) mass is 323 g/mol. The van der Waals surface area contributed by atoms with Gasteiger partial charge in [-0.25, -0.2) is 4.79 Å². The lowest BCUT2D eigenvalue weighted by molar-refractivity contribution is -0.108. The second-order valence-electron chi connectivity index (χ2n) is 6.83. The smallest absolute Gasteiger partial charge is 0.410 e. The first kappa shape index (κ1) is 18.2. The molecule has 124 valence electrons. The molecule has 0 radical (unpaired) electrons. The molecule has 0 saturated carbocycles. The Labute approximate surface area is 126 Å². The van der Waals surface area contributed by atoms with Crippen molar-refractivity contribution in [3.63, 3.8) is 0 Å². The van der Waals surface area contributed by atoms with Crippen LogP contribution in [0, 0.1) is 0 Å². The molecule has 1 heterocycles. The summed E-state index contributed by atoms with van der Waals surface area (Å²) in [6, 6.07) is 0. The Kier molecular flexibility index (Phi) is 5.28. The van der Waals surface area contributed by atoms with E-state index in [2.05, 4.69) is 0 Å². The number of ether oxygens (including phenoxy) is 2. The summed E-state index contributed by atoms with van der Waals surface area (Å²) in [7, 11) is -3.53. The van der Waals surface area contributed by atoms with Gasteiger partial charge in [0.1, 0.15) is 11.7 Å². The zero-order chi connectivity index (χ0) is 16.5. The Bertz CT molecular complexity index is 479. The Hall–Kier alpha value is -0.860. The van der Waals surface area contributed by atoms with Crippen LogP contribution in [-0.4, -0.2) is 62.7 Å². The third-order valence-corrected chi connectivity index (χ3v) is 3.44. The zero-order valence-electron chi connectivity index (χ0n) is 13.5. The van der Waals surface area contributed by atoms with Gasteiger partial charge in [0.15, 0.2) is 0 Å². The second kappa shape index (κ2) is 6.10. The maximum absolute atomic E-state index is 12.3. The molecule has 8 heteroatoms. The molecule has 1 fully saturated rings. The minimum Gasteiger partial charge on any atom is -0.444 e. The summed E-state index contributed by atoms with van der Waals surface area (Å²) in [6.07, 6.45) is 0.0335. The van der Waals surface area contributed by atoms with Crippen LogP contribution in [-0.2, 0) is 23.8 Å². The molecule has 1 atom stereocenters. The molecular weight excluding hydrogens is 298 g/mol. The summed E-state index contributed by atoms with van der Waals surface area (Å²) < 4.78 is 37.7. The summed E-state index contributed by atoms with van der Waals surface area (Å²) in [5.41, 5.74) is -1.12. The van der Waals surface area contributed by atoms with Crippen LogP contribution in [0.1, 0.15) is 34.6 Å². The molecule has 1 rings (SSSR count). The van der Waals surface area contributed by atoms with Gasteiger partial charge in [0.25, 0.3) is 10.1 Å². The molecule has 0 N–H and O–H groups in total. The standard InChI is InChI=1S/C13H25NO6S/c1-12(2,3)20-11(15)14-7-10(8-19-21(6,16)17)18-9-13(14,4)5/h10H,7-9H2,1-6H3/t10-/m0/s1. The van der Waals surface area contributed by atoms with Crippen LogP contribution < -0.4 is 0 Å². The van der Waals surface area contributed by atoms with E-state index in [1.54, 1.807) is 25.7 Å². The lowest BCUT2D eigenvalue weighted by Crippen LogP contribution is -2.60. The van der Waals surface area contributed by atoms with Crippen molar-refractivity contribution in [2.45, 2.75) is 51.9 Å². The summed E-state index contributed by atoms with van der Waals surface area (Å²) in [5, 5.41) is 0. The minimum atomic E-state index is -3.53. The average molecular weight is 323 g/mol. The lowest BCUT2D eigenvalue weighted by Gasteiger charge is -2.45. The molecular formula is C13H25NO6S. The molecule has 0 bridgehead atoms. The molecule has 1 aliphatic heterocycles. The van der Waals surface area contributed by atoms with Gasteiger partial charge < -0.3 is 9.47 Å². The maximum atomic E-state index is 12.3. The van der Waals surface area contributed by atoms with Gasteiger partial charge in [0.05, 0.1) is 31.6 Å². The van der Waals surface area contributed by atoms with E-state index in [0.717, 1.165) is 6.26 Å². The van der Waals surface area contributed by atoms with Crippen molar-refractivity contribution in [3.8, 4) is 0 Å². The Morgan fingerprint density at radius 3 is 2.43 bits per heavy atom. The highest BCUT2D eigenvalue weighted by atomic mass is 32.2. The molecule has 7 nitrogen and oxygen atoms in total. The SMILES string of the molecule is CC(C)(C)OC(=O)N1C[C@@H](COS(C)(=O)=O)OCC1(C)C. The van der Waals surface area contributed by atoms with E-state index in [9.17, 15) is 13.2 Å². The predicted octanol–water partition coefficient (Wildman–Crippen LogP) is 1.38. The number of carbonyl (C=O) groups is 1. The molecule has 0 aliphatic carbocycles. The van der Waals surface area contributed by atoms with Crippen molar-refractivity contribution >= 4 is 16.2 Å². The zero-order valence-corrected chi connectivity index (χ0v) is 14.3. The Morgan fingerprint density at radius 2 is 1.95 bits per heavy atom. The Morgan fingerprint density at radius 1 is 1.38 bits per heavy atom. The third kappa shape index (κ3) is 6.19. The van der Waals surface area contributed by atoms with Gasteiger partial charge in [-0.05, 0) is 34.6 Å². The number of hydrogen-bond donors (Lipinski definition) is 0. The fourth-order valence-corrected chi connectivity index (χ4v) is 2.24. The van der Waals surface area contributed by atoms with Crippen LogP contribution in [0.2, 0.25) is 0 Å².